The molecule has 9 heteroatoms. The molecule has 1 saturated heterocycles. The lowest BCUT2D eigenvalue weighted by Crippen LogP contribution is -2.38. The Morgan fingerprint density at radius 1 is 1.59 bits per heavy atom. The fourth-order valence-corrected chi connectivity index (χ4v) is 2.32. The summed E-state index contributed by atoms with van der Waals surface area (Å²) >= 11 is 0. The van der Waals surface area contributed by atoms with Gasteiger partial charge in [0, 0.05) is 25.1 Å². The maximum atomic E-state index is 11.9. The standard InChI is InChI=1S/C13H17N3O6/c1-7-4-16(13(20)15-12(7)19)11-3-9(14-6-17)10(22-11)5-21-8(2)18/h4,6,9-11H,3,5H2,1-2H3,(H,14,17)(H,15,19,20)/t9-,10+,11+/m0/s1. The Hall–Kier alpha value is -2.42. The second-order valence-corrected chi connectivity index (χ2v) is 5.04. The Balaban J connectivity index is 2.21. The van der Waals surface area contributed by atoms with E-state index in [0.29, 0.717) is 18.4 Å². The van der Waals surface area contributed by atoms with Crippen LogP contribution in [0.2, 0.25) is 0 Å². The molecule has 0 unspecified atom stereocenters. The molecule has 9 nitrogen and oxygen atoms in total. The number of amides is 1. The van der Waals surface area contributed by atoms with Gasteiger partial charge in [-0.1, -0.05) is 0 Å². The molecule has 0 radical (unpaired) electrons. The first-order valence-corrected chi connectivity index (χ1v) is 6.73. The molecular weight excluding hydrogens is 294 g/mol. The predicted octanol–water partition coefficient (Wildman–Crippen LogP) is -1.19. The van der Waals surface area contributed by atoms with Crippen LogP contribution in [0.15, 0.2) is 15.8 Å². The Labute approximate surface area is 125 Å². The zero-order valence-corrected chi connectivity index (χ0v) is 12.2. The number of aromatic nitrogens is 2. The number of ether oxygens (including phenoxy) is 2. The van der Waals surface area contributed by atoms with Gasteiger partial charge in [-0.3, -0.25) is 23.9 Å². The van der Waals surface area contributed by atoms with E-state index in [1.165, 1.54) is 17.7 Å². The van der Waals surface area contributed by atoms with E-state index in [1.807, 2.05) is 0 Å². The van der Waals surface area contributed by atoms with E-state index in [9.17, 15) is 19.2 Å². The smallest absolute Gasteiger partial charge is 0.330 e. The van der Waals surface area contributed by atoms with Gasteiger partial charge in [0.05, 0.1) is 6.04 Å². The van der Waals surface area contributed by atoms with Gasteiger partial charge in [-0.2, -0.15) is 0 Å². The average Bonchev–Trinajstić information content (AvgIpc) is 2.84. The van der Waals surface area contributed by atoms with Crippen LogP contribution in [0, 0.1) is 6.92 Å². The number of nitrogens with zero attached hydrogens (tertiary/aromatic N) is 1. The predicted molar refractivity (Wildman–Crippen MR) is 74.2 cm³/mol. The van der Waals surface area contributed by atoms with Crippen LogP contribution in [0.3, 0.4) is 0 Å². The van der Waals surface area contributed by atoms with Gasteiger partial charge in [-0.05, 0) is 6.92 Å². The molecule has 0 spiro atoms. The second-order valence-electron chi connectivity index (χ2n) is 5.04. The third kappa shape index (κ3) is 3.42. The van der Waals surface area contributed by atoms with Gasteiger partial charge >= 0.3 is 11.7 Å². The number of esters is 1. The number of rotatable bonds is 5. The third-order valence-electron chi connectivity index (χ3n) is 3.43. The molecule has 120 valence electrons. The molecule has 2 N–H and O–H groups in total. The van der Waals surface area contributed by atoms with Gasteiger partial charge in [0.25, 0.3) is 5.56 Å². The van der Waals surface area contributed by atoms with Crippen molar-refractivity contribution >= 4 is 12.4 Å². The highest BCUT2D eigenvalue weighted by molar-refractivity contribution is 5.65. The fraction of sp³-hybridized carbons (Fsp3) is 0.538. The van der Waals surface area contributed by atoms with E-state index < -0.39 is 35.6 Å². The summed E-state index contributed by atoms with van der Waals surface area (Å²) < 4.78 is 11.8. The van der Waals surface area contributed by atoms with Crippen LogP contribution in [0.5, 0.6) is 0 Å². The number of aromatic amines is 1. The molecule has 0 aliphatic carbocycles. The molecule has 3 atom stereocenters. The number of carbonyl (C=O) groups is 2. The number of carbonyl (C=O) groups excluding carboxylic acids is 2. The lowest BCUT2D eigenvalue weighted by molar-refractivity contribution is -0.146. The van der Waals surface area contributed by atoms with Crippen LogP contribution < -0.4 is 16.6 Å². The van der Waals surface area contributed by atoms with E-state index in [2.05, 4.69) is 10.3 Å². The van der Waals surface area contributed by atoms with E-state index >= 15 is 0 Å². The van der Waals surface area contributed by atoms with E-state index in [1.54, 1.807) is 6.92 Å². The number of hydrogen-bond donors (Lipinski definition) is 2. The van der Waals surface area contributed by atoms with Crippen molar-refractivity contribution in [3.8, 4) is 0 Å². The van der Waals surface area contributed by atoms with Crippen LogP contribution in [-0.2, 0) is 19.1 Å². The molecule has 22 heavy (non-hydrogen) atoms. The second kappa shape index (κ2) is 6.56. The van der Waals surface area contributed by atoms with Gasteiger partial charge in [-0.25, -0.2) is 4.79 Å². The van der Waals surface area contributed by atoms with E-state index in [-0.39, 0.29) is 6.61 Å². The highest BCUT2D eigenvalue weighted by atomic mass is 16.6. The maximum absolute atomic E-state index is 11.9. The quantitative estimate of drug-likeness (QED) is 0.521. The van der Waals surface area contributed by atoms with Crippen molar-refractivity contribution in [2.45, 2.75) is 38.6 Å². The first-order valence-electron chi connectivity index (χ1n) is 6.73. The molecule has 0 aromatic carbocycles. The molecule has 1 aromatic rings. The van der Waals surface area contributed by atoms with Crippen molar-refractivity contribution in [3.63, 3.8) is 0 Å². The van der Waals surface area contributed by atoms with Crippen molar-refractivity contribution in [2.24, 2.45) is 0 Å². The molecule has 2 heterocycles. The molecule has 1 amide bonds. The summed E-state index contributed by atoms with van der Waals surface area (Å²) in [5.41, 5.74) is -0.691. The van der Waals surface area contributed by atoms with Gasteiger partial charge in [-0.15, -0.1) is 0 Å². The van der Waals surface area contributed by atoms with Crippen LogP contribution in [0.4, 0.5) is 0 Å². The van der Waals surface area contributed by atoms with Crippen molar-refractivity contribution in [1.82, 2.24) is 14.9 Å². The first-order chi connectivity index (χ1) is 10.4. The average molecular weight is 311 g/mol. The molecule has 2 rings (SSSR count). The van der Waals surface area contributed by atoms with Gasteiger partial charge in [0.15, 0.2) is 0 Å². The van der Waals surface area contributed by atoms with Crippen molar-refractivity contribution in [2.75, 3.05) is 6.61 Å². The lowest BCUT2D eigenvalue weighted by atomic mass is 10.1. The normalized spacial score (nSPS) is 24.0. The summed E-state index contributed by atoms with van der Waals surface area (Å²) in [5.74, 6) is -0.464. The highest BCUT2D eigenvalue weighted by Crippen LogP contribution is 2.27. The van der Waals surface area contributed by atoms with E-state index in [4.69, 9.17) is 9.47 Å². The first kappa shape index (κ1) is 16.0. The topological polar surface area (TPSA) is 119 Å². The summed E-state index contributed by atoms with van der Waals surface area (Å²) in [7, 11) is 0. The van der Waals surface area contributed by atoms with Crippen molar-refractivity contribution < 1.29 is 19.1 Å². The summed E-state index contributed by atoms with van der Waals surface area (Å²) in [5, 5.41) is 2.58. The zero-order valence-electron chi connectivity index (χ0n) is 12.2. The molecule has 1 aliphatic rings. The zero-order chi connectivity index (χ0) is 16.3. The van der Waals surface area contributed by atoms with E-state index in [0.717, 1.165) is 0 Å². The van der Waals surface area contributed by atoms with Crippen LogP contribution >= 0.6 is 0 Å². The van der Waals surface area contributed by atoms with Crippen LogP contribution in [-0.4, -0.2) is 40.7 Å². The Morgan fingerprint density at radius 3 is 2.95 bits per heavy atom. The minimum absolute atomic E-state index is 0.0333. The summed E-state index contributed by atoms with van der Waals surface area (Å²) in [6.07, 6.45) is 1.01. The largest absolute Gasteiger partial charge is 0.463 e. The fourth-order valence-electron chi connectivity index (χ4n) is 2.32. The number of aryl methyl sites for hydroxylation is 1. The Kier molecular flexibility index (Phi) is 4.76. The van der Waals surface area contributed by atoms with Crippen LogP contribution in [0.1, 0.15) is 25.1 Å². The highest BCUT2D eigenvalue weighted by Gasteiger charge is 2.37. The molecule has 0 saturated carbocycles. The minimum atomic E-state index is -0.666. The van der Waals surface area contributed by atoms with Gasteiger partial charge in [0.1, 0.15) is 18.9 Å². The molecule has 1 fully saturated rings. The number of nitrogens with one attached hydrogen (secondary N) is 2. The molecule has 1 aromatic heterocycles. The van der Waals surface area contributed by atoms with Crippen molar-refractivity contribution in [1.29, 1.82) is 0 Å². The minimum Gasteiger partial charge on any atom is -0.463 e. The molecular formula is C13H17N3O6. The third-order valence-corrected chi connectivity index (χ3v) is 3.43. The SMILES string of the molecule is CC(=O)OC[C@H]1O[C@@H](n2cc(C)c(=O)[nH]c2=O)C[C@@H]1NC=O. The summed E-state index contributed by atoms with van der Waals surface area (Å²) in [4.78, 5) is 47.0. The summed E-state index contributed by atoms with van der Waals surface area (Å²) in [6, 6.07) is -0.402. The van der Waals surface area contributed by atoms with Crippen molar-refractivity contribution in [3.05, 3.63) is 32.6 Å². The monoisotopic (exact) mass is 311 g/mol. The van der Waals surface area contributed by atoms with Crippen LogP contribution in [0.25, 0.3) is 0 Å². The number of hydrogen-bond acceptors (Lipinski definition) is 6. The number of H-pyrrole nitrogens is 1. The van der Waals surface area contributed by atoms with Gasteiger partial charge < -0.3 is 14.8 Å². The maximum Gasteiger partial charge on any atom is 0.330 e. The Bertz CT molecular complexity index is 679. The molecule has 0 bridgehead atoms. The molecule has 1 aliphatic heterocycles. The Morgan fingerprint density at radius 2 is 2.32 bits per heavy atom. The lowest BCUT2D eigenvalue weighted by Gasteiger charge is -2.17. The van der Waals surface area contributed by atoms with Gasteiger partial charge in [0.2, 0.25) is 6.41 Å². The summed E-state index contributed by atoms with van der Waals surface area (Å²) in [6.45, 7) is 2.81.